The number of rotatable bonds is 3. The molecule has 0 aliphatic heterocycles. The molecule has 0 aromatic heterocycles. The minimum Gasteiger partial charge on any atom is -0.389 e. The van der Waals surface area contributed by atoms with Crippen molar-refractivity contribution in [3.05, 3.63) is 57.6 Å². The number of benzene rings is 2. The average molecular weight is 311 g/mol. The van der Waals surface area contributed by atoms with Gasteiger partial charge in [-0.25, -0.2) is 0 Å². The Morgan fingerprint density at radius 2 is 1.74 bits per heavy atom. The summed E-state index contributed by atoms with van der Waals surface area (Å²) in [5, 5.41) is 4.38. The van der Waals surface area contributed by atoms with Gasteiger partial charge >= 0.3 is 0 Å². The Bertz CT molecular complexity index is 621. The molecule has 0 saturated heterocycles. The molecule has 0 aliphatic rings. The van der Waals surface area contributed by atoms with Crippen molar-refractivity contribution in [2.75, 3.05) is 5.32 Å². The van der Waals surface area contributed by atoms with Crippen LogP contribution in [0.5, 0.6) is 0 Å². The molecule has 0 heterocycles. The molecule has 2 aromatic carbocycles. The van der Waals surface area contributed by atoms with E-state index in [4.69, 9.17) is 41.2 Å². The van der Waals surface area contributed by atoms with E-state index in [0.717, 1.165) is 22.5 Å². The maximum atomic E-state index is 5.98. The summed E-state index contributed by atoms with van der Waals surface area (Å²) in [6.45, 7) is 2.00. The first kappa shape index (κ1) is 14.1. The molecule has 19 heavy (non-hydrogen) atoms. The van der Waals surface area contributed by atoms with E-state index in [1.54, 1.807) is 18.2 Å². The summed E-state index contributed by atoms with van der Waals surface area (Å²) in [4.78, 5) is 0.343. The Morgan fingerprint density at radius 3 is 2.32 bits per heavy atom. The SMILES string of the molecule is Cc1ccc(C(N)=S)c(Nc2cc(Cl)cc(Cl)c2)c1. The molecule has 2 rings (SSSR count). The number of nitrogens with one attached hydrogen (secondary N) is 1. The third-order valence-corrected chi connectivity index (χ3v) is 3.24. The van der Waals surface area contributed by atoms with Crippen LogP contribution in [-0.2, 0) is 0 Å². The van der Waals surface area contributed by atoms with Gasteiger partial charge in [-0.1, -0.05) is 41.5 Å². The Kier molecular flexibility index (Phi) is 4.30. The lowest BCUT2D eigenvalue weighted by Gasteiger charge is -2.13. The van der Waals surface area contributed by atoms with Gasteiger partial charge in [0, 0.05) is 27.0 Å². The molecule has 0 radical (unpaired) electrons. The van der Waals surface area contributed by atoms with Crippen LogP contribution < -0.4 is 11.1 Å². The molecule has 2 aromatic rings. The van der Waals surface area contributed by atoms with Crippen molar-refractivity contribution in [2.45, 2.75) is 6.92 Å². The summed E-state index contributed by atoms with van der Waals surface area (Å²) in [5.41, 5.74) is 9.24. The maximum absolute atomic E-state index is 5.98. The van der Waals surface area contributed by atoms with E-state index in [1.165, 1.54) is 0 Å². The molecule has 0 bridgehead atoms. The van der Waals surface area contributed by atoms with Crippen molar-refractivity contribution in [3.8, 4) is 0 Å². The van der Waals surface area contributed by atoms with E-state index in [1.807, 2.05) is 25.1 Å². The molecule has 0 atom stereocenters. The van der Waals surface area contributed by atoms with Crippen LogP contribution in [0, 0.1) is 6.92 Å². The number of halogens is 2. The molecule has 3 N–H and O–H groups in total. The van der Waals surface area contributed by atoms with E-state index < -0.39 is 0 Å². The van der Waals surface area contributed by atoms with Crippen molar-refractivity contribution < 1.29 is 0 Å². The minimum absolute atomic E-state index is 0.343. The number of hydrogen-bond acceptors (Lipinski definition) is 2. The molecule has 0 spiro atoms. The van der Waals surface area contributed by atoms with Crippen molar-refractivity contribution >= 4 is 51.8 Å². The molecule has 5 heteroatoms. The first-order valence-electron chi connectivity index (χ1n) is 5.59. The third kappa shape index (κ3) is 3.60. The lowest BCUT2D eigenvalue weighted by molar-refractivity contribution is 1.43. The average Bonchev–Trinajstić information content (AvgIpc) is 2.26. The largest absolute Gasteiger partial charge is 0.389 e. The van der Waals surface area contributed by atoms with Gasteiger partial charge in [-0.3, -0.25) is 0 Å². The molecule has 0 amide bonds. The molecule has 0 saturated carbocycles. The second-order valence-corrected chi connectivity index (χ2v) is 5.51. The second kappa shape index (κ2) is 5.78. The van der Waals surface area contributed by atoms with Crippen LogP contribution in [0.4, 0.5) is 11.4 Å². The number of aryl methyl sites for hydroxylation is 1. The highest BCUT2D eigenvalue weighted by molar-refractivity contribution is 7.80. The zero-order valence-corrected chi connectivity index (χ0v) is 12.5. The first-order chi connectivity index (χ1) is 8.95. The summed E-state index contributed by atoms with van der Waals surface area (Å²) in [6, 6.07) is 11.1. The molecule has 0 fully saturated rings. The fraction of sp³-hybridized carbons (Fsp3) is 0.0714. The highest BCUT2D eigenvalue weighted by Gasteiger charge is 2.07. The highest BCUT2D eigenvalue weighted by atomic mass is 35.5. The van der Waals surface area contributed by atoms with Crippen LogP contribution in [0.1, 0.15) is 11.1 Å². The Morgan fingerprint density at radius 1 is 1.11 bits per heavy atom. The van der Waals surface area contributed by atoms with Crippen LogP contribution >= 0.6 is 35.4 Å². The summed E-state index contributed by atoms with van der Waals surface area (Å²) in [7, 11) is 0. The normalized spacial score (nSPS) is 10.3. The molecular weight excluding hydrogens is 299 g/mol. The summed E-state index contributed by atoms with van der Waals surface area (Å²) >= 11 is 17.0. The van der Waals surface area contributed by atoms with Crippen molar-refractivity contribution in [1.29, 1.82) is 0 Å². The van der Waals surface area contributed by atoms with Gasteiger partial charge in [-0.15, -0.1) is 0 Å². The maximum Gasteiger partial charge on any atom is 0.106 e. The quantitative estimate of drug-likeness (QED) is 0.808. The van der Waals surface area contributed by atoms with E-state index in [9.17, 15) is 0 Å². The zero-order valence-electron chi connectivity index (χ0n) is 10.2. The Labute approximate surface area is 127 Å². The predicted octanol–water partition coefficient (Wildman–Crippen LogP) is 4.68. The monoisotopic (exact) mass is 310 g/mol. The summed E-state index contributed by atoms with van der Waals surface area (Å²) in [6.07, 6.45) is 0. The zero-order chi connectivity index (χ0) is 14.0. The van der Waals surface area contributed by atoms with Crippen molar-refractivity contribution in [2.24, 2.45) is 5.73 Å². The van der Waals surface area contributed by atoms with Crippen molar-refractivity contribution in [1.82, 2.24) is 0 Å². The van der Waals surface area contributed by atoms with Gasteiger partial charge in [0.2, 0.25) is 0 Å². The number of thiocarbonyl (C=S) groups is 1. The highest BCUT2D eigenvalue weighted by Crippen LogP contribution is 2.27. The van der Waals surface area contributed by atoms with Crippen LogP contribution in [-0.4, -0.2) is 4.99 Å². The summed E-state index contributed by atoms with van der Waals surface area (Å²) in [5.74, 6) is 0. The van der Waals surface area contributed by atoms with Gasteiger partial charge in [0.05, 0.1) is 0 Å². The number of nitrogens with two attached hydrogens (primary N) is 1. The Balaban J connectivity index is 2.42. The predicted molar refractivity (Wildman–Crippen MR) is 86.8 cm³/mol. The van der Waals surface area contributed by atoms with Crippen molar-refractivity contribution in [3.63, 3.8) is 0 Å². The fourth-order valence-corrected chi connectivity index (χ4v) is 2.46. The molecule has 2 nitrogen and oxygen atoms in total. The van der Waals surface area contributed by atoms with E-state index >= 15 is 0 Å². The van der Waals surface area contributed by atoms with Crippen LogP contribution in [0.15, 0.2) is 36.4 Å². The van der Waals surface area contributed by atoms with Gasteiger partial charge in [0.1, 0.15) is 4.99 Å². The summed E-state index contributed by atoms with van der Waals surface area (Å²) < 4.78 is 0. The molecular formula is C14H12Cl2N2S. The van der Waals surface area contributed by atoms with E-state index in [2.05, 4.69) is 5.32 Å². The number of anilines is 2. The Hall–Kier alpha value is -1.29. The van der Waals surface area contributed by atoms with E-state index in [-0.39, 0.29) is 0 Å². The lowest BCUT2D eigenvalue weighted by atomic mass is 10.1. The van der Waals surface area contributed by atoms with Crippen LogP contribution in [0.2, 0.25) is 10.0 Å². The van der Waals surface area contributed by atoms with Crippen LogP contribution in [0.3, 0.4) is 0 Å². The number of hydrogen-bond donors (Lipinski definition) is 2. The topological polar surface area (TPSA) is 38.0 Å². The first-order valence-corrected chi connectivity index (χ1v) is 6.76. The van der Waals surface area contributed by atoms with Crippen LogP contribution in [0.25, 0.3) is 0 Å². The lowest BCUT2D eigenvalue weighted by Crippen LogP contribution is -2.12. The van der Waals surface area contributed by atoms with E-state index in [0.29, 0.717) is 15.0 Å². The molecule has 98 valence electrons. The molecule has 0 unspecified atom stereocenters. The van der Waals surface area contributed by atoms with Gasteiger partial charge < -0.3 is 11.1 Å². The smallest absolute Gasteiger partial charge is 0.106 e. The standard InChI is InChI=1S/C14H12Cl2N2S/c1-8-2-3-12(14(17)19)13(4-8)18-11-6-9(15)5-10(16)7-11/h2-7,18H,1H3,(H2,17,19). The minimum atomic E-state index is 0.343. The molecule has 0 aliphatic carbocycles. The fourth-order valence-electron chi connectivity index (χ4n) is 1.76. The second-order valence-electron chi connectivity index (χ2n) is 4.20. The van der Waals surface area contributed by atoms with Gasteiger partial charge in [0.15, 0.2) is 0 Å². The third-order valence-electron chi connectivity index (χ3n) is 2.58. The van der Waals surface area contributed by atoms with Gasteiger partial charge in [-0.05, 0) is 42.8 Å². The van der Waals surface area contributed by atoms with Gasteiger partial charge in [0.25, 0.3) is 0 Å². The van der Waals surface area contributed by atoms with Gasteiger partial charge in [-0.2, -0.15) is 0 Å².